The van der Waals surface area contributed by atoms with E-state index in [0.29, 0.717) is 23.2 Å². The largest absolute Gasteiger partial charge is 1.00 e. The summed E-state index contributed by atoms with van der Waals surface area (Å²) in [5.74, 6) is -0.789. The predicted octanol–water partition coefficient (Wildman–Crippen LogP) is 0.990. The topological polar surface area (TPSA) is 108 Å². The van der Waals surface area contributed by atoms with Crippen molar-refractivity contribution in [1.82, 2.24) is 14.8 Å². The molecule has 1 aliphatic rings. The van der Waals surface area contributed by atoms with E-state index in [0.717, 1.165) is 12.1 Å². The highest BCUT2D eigenvalue weighted by Crippen LogP contribution is 2.43. The van der Waals surface area contributed by atoms with E-state index in [-0.39, 0.29) is 39.9 Å². The minimum absolute atomic E-state index is 0. The Hall–Kier alpha value is -4.70. The normalized spacial score (nSPS) is 14.6. The Labute approximate surface area is 242 Å². The third-order valence-corrected chi connectivity index (χ3v) is 6.68. The molecule has 0 saturated heterocycles. The number of aromatic nitrogens is 4. The Morgan fingerprint density at radius 1 is 1.15 bits per heavy atom. The van der Waals surface area contributed by atoms with Crippen LogP contribution in [-0.4, -0.2) is 27.8 Å². The van der Waals surface area contributed by atoms with Crippen LogP contribution < -0.4 is 32.1 Å². The molecule has 9 nitrogen and oxygen atoms in total. The van der Waals surface area contributed by atoms with E-state index in [1.807, 2.05) is 35.2 Å². The third-order valence-electron chi connectivity index (χ3n) is 6.68. The molecule has 0 fully saturated rings. The number of methoxy groups -OCH3 is 1. The van der Waals surface area contributed by atoms with Crippen molar-refractivity contribution in [3.63, 3.8) is 0 Å². The van der Waals surface area contributed by atoms with Gasteiger partial charge in [-0.15, -0.1) is 5.10 Å². The first-order chi connectivity index (χ1) is 19.1. The first-order valence-electron chi connectivity index (χ1n) is 12.0. The number of anilines is 2. The van der Waals surface area contributed by atoms with E-state index in [1.54, 1.807) is 25.1 Å². The minimum atomic E-state index is -4.62. The van der Waals surface area contributed by atoms with E-state index >= 15 is 0 Å². The molecule has 0 spiro atoms. The van der Waals surface area contributed by atoms with Gasteiger partial charge < -0.3 is 21.7 Å². The summed E-state index contributed by atoms with van der Waals surface area (Å²) in [4.78, 5) is 27.8. The molecule has 0 aliphatic carbocycles. The van der Waals surface area contributed by atoms with E-state index in [1.165, 1.54) is 28.7 Å². The van der Waals surface area contributed by atoms with E-state index < -0.39 is 29.4 Å². The molecule has 0 radical (unpaired) electrons. The zero-order valence-corrected chi connectivity index (χ0v) is 23.3. The molecule has 0 unspecified atom stereocenters. The van der Waals surface area contributed by atoms with Crippen LogP contribution in [0.15, 0.2) is 89.1 Å². The summed E-state index contributed by atoms with van der Waals surface area (Å²) in [6.45, 7) is 1.85. The van der Waals surface area contributed by atoms with Crippen LogP contribution in [0.1, 0.15) is 35.2 Å². The van der Waals surface area contributed by atoms with Gasteiger partial charge >= 0.3 is 17.8 Å². The van der Waals surface area contributed by atoms with Gasteiger partial charge in [0.15, 0.2) is 18.9 Å². The number of allylic oxidation sites excluding steroid dienone is 1. The number of nitriles is 1. The summed E-state index contributed by atoms with van der Waals surface area (Å²) in [5, 5.41) is 16.1. The molecule has 3 heterocycles. The van der Waals surface area contributed by atoms with Crippen molar-refractivity contribution < 1.29 is 44.3 Å². The number of halogens is 4. The standard InChI is InChI=1S/C28H21F3N6O3.BrH/c1-17-23(25(38)40-2)24(22-10-9-18(15-32)13-19(22)16-35-11-4-3-5-12-35)37-26(33-34-27(37)39)36(17)21-8-6-7-20(14-21)28(29,30)31;/h3-14,24H,16H2,1-2H3;1H/t24-;/m1./s1. The van der Waals surface area contributed by atoms with E-state index in [4.69, 9.17) is 4.74 Å². The smallest absolute Gasteiger partial charge is 0.416 e. The zero-order chi connectivity index (χ0) is 28.6. The number of alkyl halides is 3. The van der Waals surface area contributed by atoms with Gasteiger partial charge in [-0.3, -0.25) is 4.90 Å². The fraction of sp³-hybridized carbons (Fsp3) is 0.179. The first kappa shape index (κ1) is 29.3. The molecule has 41 heavy (non-hydrogen) atoms. The number of rotatable bonds is 5. The van der Waals surface area contributed by atoms with E-state index in [9.17, 15) is 28.0 Å². The average molecular weight is 627 g/mol. The number of aromatic amines is 1. The van der Waals surface area contributed by atoms with Crippen molar-refractivity contribution in [1.29, 1.82) is 5.26 Å². The van der Waals surface area contributed by atoms with Gasteiger partial charge in [0.25, 0.3) is 0 Å². The van der Waals surface area contributed by atoms with E-state index in [2.05, 4.69) is 16.3 Å². The molecule has 13 heteroatoms. The monoisotopic (exact) mass is 626 g/mol. The number of hydrogen-bond acceptors (Lipinski definition) is 6. The number of fused-ring (bicyclic) bond motifs is 1. The highest BCUT2D eigenvalue weighted by Gasteiger charge is 2.41. The van der Waals surface area contributed by atoms with Gasteiger partial charge in [-0.2, -0.15) is 18.4 Å². The summed E-state index contributed by atoms with van der Waals surface area (Å²) in [6, 6.07) is 16.0. The van der Waals surface area contributed by atoms with Gasteiger partial charge in [0, 0.05) is 29.1 Å². The summed E-state index contributed by atoms with van der Waals surface area (Å²) in [6.07, 6.45) is -0.956. The Morgan fingerprint density at radius 3 is 2.54 bits per heavy atom. The predicted molar refractivity (Wildman–Crippen MR) is 136 cm³/mol. The van der Waals surface area contributed by atoms with Crippen molar-refractivity contribution in [3.05, 3.63) is 117 Å². The van der Waals surface area contributed by atoms with Crippen molar-refractivity contribution in [3.8, 4) is 6.07 Å². The molecule has 210 valence electrons. The summed E-state index contributed by atoms with van der Waals surface area (Å²) in [5.41, 5.74) is 0.241. The number of carbonyl (C=O) groups excluding carboxylic acids is 1. The van der Waals surface area contributed by atoms with Gasteiger partial charge in [0.1, 0.15) is 6.04 Å². The van der Waals surface area contributed by atoms with Crippen LogP contribution in [0.25, 0.3) is 0 Å². The zero-order valence-electron chi connectivity index (χ0n) is 21.7. The Morgan fingerprint density at radius 2 is 1.88 bits per heavy atom. The number of pyridine rings is 1. The number of ether oxygens (including phenoxy) is 1. The lowest BCUT2D eigenvalue weighted by molar-refractivity contribution is -0.688. The molecule has 1 N–H and O–H groups in total. The van der Waals surface area contributed by atoms with Crippen LogP contribution in [0.3, 0.4) is 0 Å². The number of esters is 1. The summed E-state index contributed by atoms with van der Waals surface area (Å²) >= 11 is 0. The Kier molecular flexibility index (Phi) is 8.16. The van der Waals surface area contributed by atoms with Crippen LogP contribution in [0.4, 0.5) is 24.8 Å². The highest BCUT2D eigenvalue weighted by atomic mass is 79.9. The van der Waals surface area contributed by atoms with Crippen molar-refractivity contribution in [2.45, 2.75) is 25.7 Å². The second-order valence-electron chi connectivity index (χ2n) is 9.05. The molecule has 1 atom stereocenters. The minimum Gasteiger partial charge on any atom is -1.00 e. The lowest BCUT2D eigenvalue weighted by atomic mass is 9.90. The molecule has 0 bridgehead atoms. The Balaban J connectivity index is 0.00000387. The maximum absolute atomic E-state index is 13.6. The number of H-pyrrole nitrogens is 1. The Bertz CT molecular complexity index is 1740. The maximum atomic E-state index is 13.6. The van der Waals surface area contributed by atoms with Crippen molar-refractivity contribution in [2.75, 3.05) is 12.0 Å². The van der Waals surface area contributed by atoms with Crippen LogP contribution in [0.5, 0.6) is 0 Å². The summed E-state index contributed by atoms with van der Waals surface area (Å²) in [7, 11) is 1.18. The van der Waals surface area contributed by atoms with Crippen LogP contribution in [0.2, 0.25) is 0 Å². The molecular weight excluding hydrogens is 605 g/mol. The van der Waals surface area contributed by atoms with Crippen LogP contribution in [-0.2, 0) is 22.3 Å². The van der Waals surface area contributed by atoms with Gasteiger partial charge in [0.05, 0.1) is 29.9 Å². The molecule has 2 aromatic carbocycles. The summed E-state index contributed by atoms with van der Waals surface area (Å²) < 4.78 is 48.8. The van der Waals surface area contributed by atoms with Gasteiger partial charge in [-0.05, 0) is 42.8 Å². The van der Waals surface area contributed by atoms with Crippen molar-refractivity contribution in [2.24, 2.45) is 0 Å². The maximum Gasteiger partial charge on any atom is 0.416 e. The molecule has 0 saturated carbocycles. The highest BCUT2D eigenvalue weighted by molar-refractivity contribution is 5.93. The number of benzene rings is 2. The molecular formula is C28H22BrF3N6O3. The van der Waals surface area contributed by atoms with Gasteiger partial charge in [-0.25, -0.2) is 23.8 Å². The average Bonchev–Trinajstić information content (AvgIpc) is 3.32. The first-order valence-corrected chi connectivity index (χ1v) is 12.0. The van der Waals surface area contributed by atoms with Crippen LogP contribution >= 0.6 is 0 Å². The molecule has 4 aromatic rings. The molecule has 2 aromatic heterocycles. The molecule has 5 rings (SSSR count). The third kappa shape index (κ3) is 5.38. The van der Waals surface area contributed by atoms with Crippen LogP contribution in [0, 0.1) is 11.3 Å². The fourth-order valence-corrected chi connectivity index (χ4v) is 4.89. The fourth-order valence-electron chi connectivity index (χ4n) is 4.89. The van der Waals surface area contributed by atoms with Gasteiger partial charge in [0.2, 0.25) is 5.95 Å². The quantitative estimate of drug-likeness (QED) is 0.262. The second kappa shape index (κ2) is 11.4. The number of nitrogens with zero attached hydrogens (tertiary/aromatic N) is 5. The number of nitrogens with one attached hydrogen (secondary N) is 1. The number of carbonyl (C=O) groups is 1. The van der Waals surface area contributed by atoms with Crippen molar-refractivity contribution >= 4 is 17.6 Å². The SMILES string of the molecule is COC(=O)C1=C(C)N(c2cccc(C(F)(F)F)c2)c2n[nH]c(=O)n2[C@@H]1c1ccc(C#N)cc1C[n+]1ccccc1.[Br-]. The molecule has 1 aliphatic heterocycles. The lowest BCUT2D eigenvalue weighted by Crippen LogP contribution is -3.00. The molecule has 0 amide bonds. The number of hydrogen-bond donors (Lipinski definition) is 1. The van der Waals surface area contributed by atoms with Gasteiger partial charge in [-0.1, -0.05) is 18.2 Å². The lowest BCUT2D eigenvalue weighted by Gasteiger charge is -2.36. The second-order valence-corrected chi connectivity index (χ2v) is 9.05.